The molecule has 17 heavy (non-hydrogen) atoms. The highest BCUT2D eigenvalue weighted by Gasteiger charge is 2.29. The van der Waals surface area contributed by atoms with E-state index in [1.54, 1.807) is 19.1 Å². The van der Waals surface area contributed by atoms with Gasteiger partial charge in [0.25, 0.3) is 0 Å². The van der Waals surface area contributed by atoms with Crippen molar-refractivity contribution in [2.45, 2.75) is 32.9 Å². The summed E-state index contributed by atoms with van der Waals surface area (Å²) in [6.07, 6.45) is 0. The van der Waals surface area contributed by atoms with E-state index < -0.39 is 0 Å². The maximum Gasteiger partial charge on any atom is 0.192 e. The number of benzene rings is 1. The van der Waals surface area contributed by atoms with Crippen molar-refractivity contribution in [2.75, 3.05) is 6.54 Å². The van der Waals surface area contributed by atoms with Crippen molar-refractivity contribution in [2.24, 2.45) is 10.7 Å². The lowest BCUT2D eigenvalue weighted by molar-refractivity contribution is 0.289. The zero-order valence-electron chi connectivity index (χ0n) is 10.4. The molecular formula is C13H18FN3. The van der Waals surface area contributed by atoms with Crippen LogP contribution in [0.3, 0.4) is 0 Å². The Bertz CT molecular complexity index is 454. The molecule has 0 aliphatic carbocycles. The number of hydrogen-bond donors (Lipinski definition) is 1. The summed E-state index contributed by atoms with van der Waals surface area (Å²) in [4.78, 5) is 6.28. The van der Waals surface area contributed by atoms with Gasteiger partial charge in [-0.25, -0.2) is 4.39 Å². The first-order chi connectivity index (χ1) is 8.00. The van der Waals surface area contributed by atoms with E-state index in [-0.39, 0.29) is 17.9 Å². The molecule has 0 fully saturated rings. The SMILES string of the molecule is Cc1ccc(C2CN=C(N)N2C(C)C)cc1F. The molecule has 1 aromatic carbocycles. The van der Waals surface area contributed by atoms with Gasteiger partial charge in [0.1, 0.15) is 5.82 Å². The Balaban J connectivity index is 2.31. The molecule has 92 valence electrons. The second-order valence-electron chi connectivity index (χ2n) is 4.72. The van der Waals surface area contributed by atoms with E-state index in [1.807, 2.05) is 11.0 Å². The Morgan fingerprint density at radius 1 is 1.47 bits per heavy atom. The van der Waals surface area contributed by atoms with E-state index in [4.69, 9.17) is 5.73 Å². The molecule has 0 aromatic heterocycles. The van der Waals surface area contributed by atoms with Gasteiger partial charge >= 0.3 is 0 Å². The molecule has 3 nitrogen and oxygen atoms in total. The Kier molecular flexibility index (Phi) is 3.05. The Labute approximate surface area is 101 Å². The maximum atomic E-state index is 13.6. The van der Waals surface area contributed by atoms with E-state index in [2.05, 4.69) is 18.8 Å². The van der Waals surface area contributed by atoms with Gasteiger partial charge < -0.3 is 10.6 Å². The summed E-state index contributed by atoms with van der Waals surface area (Å²) in [6, 6.07) is 5.66. The minimum absolute atomic E-state index is 0.0603. The van der Waals surface area contributed by atoms with Crippen LogP contribution in [0.5, 0.6) is 0 Å². The van der Waals surface area contributed by atoms with Crippen LogP contribution < -0.4 is 5.73 Å². The van der Waals surface area contributed by atoms with Crippen LogP contribution in [0, 0.1) is 12.7 Å². The number of hydrogen-bond acceptors (Lipinski definition) is 3. The summed E-state index contributed by atoms with van der Waals surface area (Å²) in [5.41, 5.74) is 7.46. The zero-order valence-corrected chi connectivity index (χ0v) is 10.4. The molecular weight excluding hydrogens is 217 g/mol. The van der Waals surface area contributed by atoms with Crippen LogP contribution in [0.4, 0.5) is 4.39 Å². The molecule has 0 amide bonds. The zero-order chi connectivity index (χ0) is 12.6. The van der Waals surface area contributed by atoms with Gasteiger partial charge in [-0.05, 0) is 38.0 Å². The predicted molar refractivity (Wildman–Crippen MR) is 67.3 cm³/mol. The Hall–Kier alpha value is -1.58. The predicted octanol–water partition coefficient (Wildman–Crippen LogP) is 2.21. The van der Waals surface area contributed by atoms with Crippen molar-refractivity contribution in [1.29, 1.82) is 0 Å². The van der Waals surface area contributed by atoms with Crippen molar-refractivity contribution >= 4 is 5.96 Å². The number of nitrogens with zero attached hydrogens (tertiary/aromatic N) is 2. The van der Waals surface area contributed by atoms with Crippen molar-refractivity contribution in [3.63, 3.8) is 0 Å². The van der Waals surface area contributed by atoms with Gasteiger partial charge in [-0.2, -0.15) is 0 Å². The smallest absolute Gasteiger partial charge is 0.192 e. The van der Waals surface area contributed by atoms with Gasteiger partial charge in [-0.15, -0.1) is 0 Å². The number of rotatable bonds is 2. The van der Waals surface area contributed by atoms with Crippen LogP contribution in [0.1, 0.15) is 31.0 Å². The Morgan fingerprint density at radius 2 is 2.18 bits per heavy atom. The monoisotopic (exact) mass is 235 g/mol. The summed E-state index contributed by atoms with van der Waals surface area (Å²) in [5.74, 6) is 0.377. The van der Waals surface area contributed by atoms with Gasteiger partial charge in [0.2, 0.25) is 0 Å². The average molecular weight is 235 g/mol. The second kappa shape index (κ2) is 4.35. The molecule has 1 unspecified atom stereocenters. The third-order valence-corrected chi connectivity index (χ3v) is 3.16. The van der Waals surface area contributed by atoms with Gasteiger partial charge in [0.05, 0.1) is 12.6 Å². The normalized spacial score (nSPS) is 19.9. The third-order valence-electron chi connectivity index (χ3n) is 3.16. The lowest BCUT2D eigenvalue weighted by atomic mass is 10.0. The second-order valence-corrected chi connectivity index (χ2v) is 4.72. The number of guanidine groups is 1. The minimum Gasteiger partial charge on any atom is -0.370 e. The highest BCUT2D eigenvalue weighted by Crippen LogP contribution is 2.28. The topological polar surface area (TPSA) is 41.6 Å². The highest BCUT2D eigenvalue weighted by molar-refractivity contribution is 5.80. The van der Waals surface area contributed by atoms with Crippen LogP contribution in [0.2, 0.25) is 0 Å². The van der Waals surface area contributed by atoms with E-state index >= 15 is 0 Å². The molecule has 1 aliphatic heterocycles. The average Bonchev–Trinajstić information content (AvgIpc) is 2.64. The first-order valence-electron chi connectivity index (χ1n) is 5.85. The molecule has 2 rings (SSSR count). The van der Waals surface area contributed by atoms with E-state index in [9.17, 15) is 4.39 Å². The molecule has 1 heterocycles. The number of aliphatic imine (C=N–C) groups is 1. The first kappa shape index (κ1) is 11.9. The molecule has 0 bridgehead atoms. The maximum absolute atomic E-state index is 13.6. The van der Waals surface area contributed by atoms with E-state index in [0.29, 0.717) is 18.1 Å². The van der Waals surface area contributed by atoms with Crippen molar-refractivity contribution in [3.05, 3.63) is 35.1 Å². The lowest BCUT2D eigenvalue weighted by Crippen LogP contribution is -2.40. The number of nitrogens with two attached hydrogens (primary N) is 1. The molecule has 1 aromatic rings. The number of halogens is 1. The van der Waals surface area contributed by atoms with Crippen molar-refractivity contribution in [3.8, 4) is 0 Å². The molecule has 1 atom stereocenters. The van der Waals surface area contributed by atoms with E-state index in [1.165, 1.54) is 0 Å². The number of aryl methyl sites for hydroxylation is 1. The summed E-state index contributed by atoms with van der Waals surface area (Å²) in [7, 11) is 0. The third kappa shape index (κ3) is 2.12. The molecule has 0 saturated heterocycles. The van der Waals surface area contributed by atoms with Crippen LogP contribution in [-0.4, -0.2) is 23.4 Å². The largest absolute Gasteiger partial charge is 0.370 e. The molecule has 0 saturated carbocycles. The highest BCUT2D eigenvalue weighted by atomic mass is 19.1. The summed E-state index contributed by atoms with van der Waals surface area (Å²) >= 11 is 0. The minimum atomic E-state index is -0.170. The quantitative estimate of drug-likeness (QED) is 0.854. The van der Waals surface area contributed by atoms with Gasteiger partial charge in [-0.3, -0.25) is 4.99 Å². The fourth-order valence-electron chi connectivity index (χ4n) is 2.22. The first-order valence-corrected chi connectivity index (χ1v) is 5.85. The molecule has 2 N–H and O–H groups in total. The fourth-order valence-corrected chi connectivity index (χ4v) is 2.22. The van der Waals surface area contributed by atoms with Crippen LogP contribution in [-0.2, 0) is 0 Å². The van der Waals surface area contributed by atoms with Crippen LogP contribution in [0.15, 0.2) is 23.2 Å². The van der Waals surface area contributed by atoms with Gasteiger partial charge in [-0.1, -0.05) is 12.1 Å². The van der Waals surface area contributed by atoms with Gasteiger partial charge in [0.15, 0.2) is 5.96 Å². The van der Waals surface area contributed by atoms with Crippen molar-refractivity contribution < 1.29 is 4.39 Å². The summed E-state index contributed by atoms with van der Waals surface area (Å²) < 4.78 is 13.6. The molecule has 0 radical (unpaired) electrons. The van der Waals surface area contributed by atoms with Crippen LogP contribution in [0.25, 0.3) is 0 Å². The van der Waals surface area contributed by atoms with Crippen molar-refractivity contribution in [1.82, 2.24) is 4.90 Å². The standard InChI is InChI=1S/C13H18FN3/c1-8(2)17-12(7-16-13(17)15)10-5-4-9(3)11(14)6-10/h4-6,8,12H,7H2,1-3H3,(H2,15,16). The Morgan fingerprint density at radius 3 is 2.76 bits per heavy atom. The molecule has 1 aliphatic rings. The van der Waals surface area contributed by atoms with Gasteiger partial charge in [0, 0.05) is 6.04 Å². The molecule has 0 spiro atoms. The molecule has 4 heteroatoms. The van der Waals surface area contributed by atoms with E-state index in [0.717, 1.165) is 5.56 Å². The summed E-state index contributed by atoms with van der Waals surface area (Å²) in [5, 5.41) is 0. The summed E-state index contributed by atoms with van der Waals surface area (Å²) in [6.45, 7) is 6.49. The van der Waals surface area contributed by atoms with Crippen LogP contribution >= 0.6 is 0 Å². The fraction of sp³-hybridized carbons (Fsp3) is 0.462. The lowest BCUT2D eigenvalue weighted by Gasteiger charge is -2.30.